The summed E-state index contributed by atoms with van der Waals surface area (Å²) in [6.07, 6.45) is 5.45. The largest absolute Gasteiger partial charge is 1.00 e. The molecule has 0 N–H and O–H groups in total. The van der Waals surface area contributed by atoms with Crippen LogP contribution in [0.15, 0.2) is 59.7 Å². The van der Waals surface area contributed by atoms with Crippen LogP contribution >= 0.6 is 0 Å². The molecule has 1 aliphatic rings. The Balaban J connectivity index is 0.00000385. The van der Waals surface area contributed by atoms with Crippen LogP contribution in [0.1, 0.15) is 44.2 Å². The first-order valence-electron chi connectivity index (χ1n) is 11.2. The van der Waals surface area contributed by atoms with E-state index in [9.17, 15) is 14.7 Å². The quantitative estimate of drug-likeness (QED) is 0.417. The molecule has 1 saturated carbocycles. The first-order chi connectivity index (χ1) is 15.4. The Morgan fingerprint density at radius 1 is 0.879 bits per heavy atom. The Labute approximate surface area is 219 Å². The van der Waals surface area contributed by atoms with Gasteiger partial charge in [0.25, 0.3) is 0 Å². The molecule has 0 bridgehead atoms. The van der Waals surface area contributed by atoms with Crippen LogP contribution in [0.5, 0.6) is 0 Å². The van der Waals surface area contributed by atoms with Crippen molar-refractivity contribution in [3.8, 4) is 0 Å². The van der Waals surface area contributed by atoms with Gasteiger partial charge in [-0.1, -0.05) is 24.3 Å². The Morgan fingerprint density at radius 2 is 1.33 bits per heavy atom. The van der Waals surface area contributed by atoms with E-state index in [-0.39, 0.29) is 41.8 Å². The van der Waals surface area contributed by atoms with Crippen molar-refractivity contribution in [3.05, 3.63) is 70.8 Å². The van der Waals surface area contributed by atoms with Crippen LogP contribution in [0.2, 0.25) is 0 Å². The molecule has 1 aliphatic carbocycles. The number of allylic oxidation sites excluding steroid dienone is 2. The Bertz CT molecular complexity index is 1010. The minimum atomic E-state index is -1.05. The molecule has 0 saturated heterocycles. The third-order valence-electron chi connectivity index (χ3n) is 5.94. The molecule has 3 rings (SSSR count). The normalized spacial score (nSPS) is 15.5. The van der Waals surface area contributed by atoms with Crippen molar-refractivity contribution >= 4 is 35.3 Å². The number of benzene rings is 2. The van der Waals surface area contributed by atoms with Crippen molar-refractivity contribution in [2.75, 3.05) is 36.5 Å². The van der Waals surface area contributed by atoms with Gasteiger partial charge in [-0.05, 0) is 74.2 Å². The molecule has 2 aromatic rings. The topological polar surface area (TPSA) is 63.7 Å². The molecule has 5 nitrogen and oxygen atoms in total. The van der Waals surface area contributed by atoms with Gasteiger partial charge in [0.15, 0.2) is 5.78 Å². The summed E-state index contributed by atoms with van der Waals surface area (Å²) in [7, 11) is 1.85. The summed E-state index contributed by atoms with van der Waals surface area (Å²) in [5, 5.41) is 10.6. The van der Waals surface area contributed by atoms with E-state index < -0.39 is 5.97 Å². The molecule has 168 valence electrons. The molecule has 0 spiro atoms. The van der Waals surface area contributed by atoms with E-state index in [1.165, 1.54) is 5.69 Å². The summed E-state index contributed by atoms with van der Waals surface area (Å²) >= 11 is 0. The van der Waals surface area contributed by atoms with E-state index in [0.717, 1.165) is 53.9 Å². The fraction of sp³-hybridized carbons (Fsp3) is 0.333. The van der Waals surface area contributed by atoms with Gasteiger partial charge in [0.2, 0.25) is 0 Å². The van der Waals surface area contributed by atoms with Crippen molar-refractivity contribution in [3.63, 3.8) is 0 Å². The van der Waals surface area contributed by atoms with Crippen LogP contribution in [-0.4, -0.2) is 38.4 Å². The zero-order chi connectivity index (χ0) is 23.1. The molecule has 0 unspecified atom stereocenters. The summed E-state index contributed by atoms with van der Waals surface area (Å²) < 4.78 is 0. The number of carbonyl (C=O) groups is 2. The predicted molar refractivity (Wildman–Crippen MR) is 130 cm³/mol. The smallest absolute Gasteiger partial charge is 0.550 e. The Kier molecular flexibility index (Phi) is 10.4. The van der Waals surface area contributed by atoms with E-state index in [1.54, 1.807) is 0 Å². The monoisotopic (exact) mass is 454 g/mol. The standard InChI is InChI=1S/C27H32N2O3.Na/c1-4-29(5-2)25-14-8-21(9-15-25)19-23-11-10-22(27(23)32)18-20-6-12-24(13-7-20)28(3)17-16-26(30)31;/h6-9,12-15,18-19H,4-5,10-11,16-17H2,1-3H3,(H,30,31);/q;+1/p-1/b22-18+,23-19+;. The first-order valence-corrected chi connectivity index (χ1v) is 11.2. The van der Waals surface area contributed by atoms with E-state index in [4.69, 9.17) is 0 Å². The van der Waals surface area contributed by atoms with Crippen molar-refractivity contribution < 1.29 is 44.3 Å². The Hall–Kier alpha value is -2.34. The average molecular weight is 455 g/mol. The van der Waals surface area contributed by atoms with Crippen molar-refractivity contribution in [1.29, 1.82) is 0 Å². The third kappa shape index (κ3) is 7.32. The predicted octanol–water partition coefficient (Wildman–Crippen LogP) is 0.943. The molecule has 1 fully saturated rings. The van der Waals surface area contributed by atoms with E-state index in [0.29, 0.717) is 6.54 Å². The van der Waals surface area contributed by atoms with E-state index in [2.05, 4.69) is 43.0 Å². The summed E-state index contributed by atoms with van der Waals surface area (Å²) in [5.74, 6) is -0.936. The number of nitrogens with zero attached hydrogens (tertiary/aromatic N) is 2. The fourth-order valence-corrected chi connectivity index (χ4v) is 3.96. The molecular formula is C27H31N2NaO3. The number of ketones is 1. The molecule has 0 atom stereocenters. The van der Waals surface area contributed by atoms with Gasteiger partial charge >= 0.3 is 29.6 Å². The second-order valence-corrected chi connectivity index (χ2v) is 8.07. The Morgan fingerprint density at radius 3 is 1.76 bits per heavy atom. The second-order valence-electron chi connectivity index (χ2n) is 8.07. The number of hydrogen-bond acceptors (Lipinski definition) is 5. The summed E-state index contributed by atoms with van der Waals surface area (Å²) in [4.78, 5) is 27.7. The molecule has 0 amide bonds. The third-order valence-corrected chi connectivity index (χ3v) is 5.94. The van der Waals surface area contributed by atoms with E-state index in [1.807, 2.05) is 48.4 Å². The van der Waals surface area contributed by atoms with Gasteiger partial charge < -0.3 is 19.7 Å². The maximum atomic E-state index is 12.9. The van der Waals surface area contributed by atoms with Gasteiger partial charge in [-0.3, -0.25) is 4.79 Å². The number of rotatable bonds is 9. The fourth-order valence-electron chi connectivity index (χ4n) is 3.96. The molecule has 2 aromatic carbocycles. The maximum absolute atomic E-state index is 12.9. The van der Waals surface area contributed by atoms with Gasteiger partial charge in [-0.2, -0.15) is 0 Å². The molecule has 0 radical (unpaired) electrons. The molecule has 6 heteroatoms. The molecule has 0 aromatic heterocycles. The molecular weight excluding hydrogens is 423 g/mol. The van der Waals surface area contributed by atoms with Crippen LogP contribution in [0, 0.1) is 0 Å². The number of aliphatic carboxylic acids is 1. The van der Waals surface area contributed by atoms with Crippen LogP contribution in [0.3, 0.4) is 0 Å². The van der Waals surface area contributed by atoms with Crippen molar-refractivity contribution in [1.82, 2.24) is 0 Å². The van der Waals surface area contributed by atoms with E-state index >= 15 is 0 Å². The van der Waals surface area contributed by atoms with Crippen LogP contribution in [0.25, 0.3) is 12.2 Å². The minimum Gasteiger partial charge on any atom is -0.550 e. The SMILES string of the molecule is CCN(CC)c1ccc(/C=C2\CC/C(=C\c3ccc(N(C)CCC(=O)[O-])cc3)C2=O)cc1.[Na+]. The number of Topliss-reactive ketones (excluding diaryl/α,β-unsaturated/α-hetero) is 1. The number of hydrogen-bond donors (Lipinski definition) is 0. The first kappa shape index (κ1) is 26.9. The van der Waals surface area contributed by atoms with Crippen molar-refractivity contribution in [2.45, 2.75) is 33.1 Å². The van der Waals surface area contributed by atoms with Crippen LogP contribution in [0.4, 0.5) is 11.4 Å². The summed E-state index contributed by atoms with van der Waals surface area (Å²) in [5.41, 5.74) is 5.83. The molecule has 0 aliphatic heterocycles. The zero-order valence-corrected chi connectivity index (χ0v) is 22.1. The molecule has 33 heavy (non-hydrogen) atoms. The summed E-state index contributed by atoms with van der Waals surface area (Å²) in [6.45, 7) is 6.63. The van der Waals surface area contributed by atoms with Crippen LogP contribution < -0.4 is 44.5 Å². The number of carboxylic acids is 1. The molecule has 0 heterocycles. The summed E-state index contributed by atoms with van der Waals surface area (Å²) in [6, 6.07) is 16.2. The number of carboxylic acid groups (broad SMARTS) is 1. The zero-order valence-electron chi connectivity index (χ0n) is 20.1. The van der Waals surface area contributed by atoms with Gasteiger partial charge in [0.05, 0.1) is 0 Å². The second kappa shape index (κ2) is 12.8. The maximum Gasteiger partial charge on any atom is 1.00 e. The van der Waals surface area contributed by atoms with Crippen LogP contribution in [-0.2, 0) is 9.59 Å². The van der Waals surface area contributed by atoms with Gasteiger partial charge in [0.1, 0.15) is 0 Å². The van der Waals surface area contributed by atoms with Gasteiger partial charge in [-0.15, -0.1) is 0 Å². The average Bonchev–Trinajstić information content (AvgIpc) is 3.13. The van der Waals surface area contributed by atoms with Crippen molar-refractivity contribution in [2.24, 2.45) is 0 Å². The minimum absolute atomic E-state index is 0. The number of carbonyl (C=O) groups excluding carboxylic acids is 2. The van der Waals surface area contributed by atoms with Gasteiger partial charge in [-0.25, -0.2) is 0 Å². The van der Waals surface area contributed by atoms with Gasteiger partial charge in [0, 0.05) is 61.6 Å². The number of anilines is 2.